The Bertz CT molecular complexity index is 1110. The summed E-state index contributed by atoms with van der Waals surface area (Å²) in [5, 5.41) is 4.36. The molecule has 172 valence electrons. The van der Waals surface area contributed by atoms with Crippen LogP contribution in [0.3, 0.4) is 0 Å². The van der Waals surface area contributed by atoms with Gasteiger partial charge in [0.1, 0.15) is 0 Å². The molecular formula is C25H27Cl2N5O. The Morgan fingerprint density at radius 2 is 1.76 bits per heavy atom. The molecule has 2 aromatic rings. The lowest BCUT2D eigenvalue weighted by Crippen LogP contribution is -2.55. The second-order valence-corrected chi connectivity index (χ2v) is 9.36. The SMILES string of the molecule is CC1=C(C(=O)N2CCN(c3ccccc3)CC2)C(c2cccc(Cl)c2Cl)N2CCCN=C2N1. The van der Waals surface area contributed by atoms with Gasteiger partial charge in [-0.3, -0.25) is 9.79 Å². The van der Waals surface area contributed by atoms with Crippen molar-refractivity contribution in [2.24, 2.45) is 4.99 Å². The number of fused-ring (bicyclic) bond motifs is 1. The number of carbonyl (C=O) groups excluding carboxylic acids is 1. The van der Waals surface area contributed by atoms with Crippen LogP contribution in [0.5, 0.6) is 0 Å². The van der Waals surface area contributed by atoms with Gasteiger partial charge in [0, 0.05) is 50.7 Å². The van der Waals surface area contributed by atoms with E-state index < -0.39 is 0 Å². The summed E-state index contributed by atoms with van der Waals surface area (Å²) >= 11 is 13.1. The van der Waals surface area contributed by atoms with E-state index in [9.17, 15) is 4.79 Å². The van der Waals surface area contributed by atoms with Gasteiger partial charge in [0.05, 0.1) is 21.7 Å². The molecular weight excluding hydrogens is 457 g/mol. The smallest absolute Gasteiger partial charge is 0.254 e. The van der Waals surface area contributed by atoms with Crippen molar-refractivity contribution in [3.63, 3.8) is 0 Å². The Hall–Kier alpha value is -2.70. The number of halogens is 2. The molecule has 33 heavy (non-hydrogen) atoms. The van der Waals surface area contributed by atoms with Gasteiger partial charge in [-0.15, -0.1) is 0 Å². The van der Waals surface area contributed by atoms with E-state index in [-0.39, 0.29) is 11.9 Å². The molecule has 0 spiro atoms. The molecule has 0 radical (unpaired) electrons. The molecule has 3 heterocycles. The van der Waals surface area contributed by atoms with E-state index in [1.54, 1.807) is 6.07 Å². The second kappa shape index (κ2) is 9.27. The number of para-hydroxylation sites is 1. The van der Waals surface area contributed by atoms with Crippen molar-refractivity contribution >= 4 is 40.8 Å². The molecule has 3 aliphatic heterocycles. The standard InChI is InChI=1S/C25H27Cl2N5O/c1-17-21(24(33)31-15-13-30(14-16-31)18-7-3-2-4-8-18)23(19-9-5-10-20(26)22(19)27)32-12-6-11-28-25(32)29-17/h2-5,7-10,23H,6,11-16H2,1H3,(H,28,29). The normalized spacial score (nSPS) is 20.9. The first kappa shape index (κ1) is 22.1. The number of hydrogen-bond acceptors (Lipinski definition) is 5. The summed E-state index contributed by atoms with van der Waals surface area (Å²) in [7, 11) is 0. The van der Waals surface area contributed by atoms with E-state index in [2.05, 4.69) is 32.2 Å². The summed E-state index contributed by atoms with van der Waals surface area (Å²) in [5.74, 6) is 0.837. The number of rotatable bonds is 3. The summed E-state index contributed by atoms with van der Waals surface area (Å²) in [4.78, 5) is 25.0. The fourth-order valence-electron chi connectivity index (χ4n) is 4.89. The predicted molar refractivity (Wildman–Crippen MR) is 134 cm³/mol. The van der Waals surface area contributed by atoms with Crippen molar-refractivity contribution in [1.82, 2.24) is 15.1 Å². The van der Waals surface area contributed by atoms with Crippen LogP contribution in [0.15, 0.2) is 64.8 Å². The van der Waals surface area contributed by atoms with Crippen LogP contribution in [-0.2, 0) is 4.79 Å². The van der Waals surface area contributed by atoms with Crippen molar-refractivity contribution < 1.29 is 4.79 Å². The highest BCUT2D eigenvalue weighted by Crippen LogP contribution is 2.41. The Morgan fingerprint density at radius 1 is 1.00 bits per heavy atom. The van der Waals surface area contributed by atoms with Gasteiger partial charge >= 0.3 is 0 Å². The number of benzene rings is 2. The highest BCUT2D eigenvalue weighted by Gasteiger charge is 2.40. The Morgan fingerprint density at radius 3 is 2.52 bits per heavy atom. The zero-order chi connectivity index (χ0) is 22.9. The molecule has 1 atom stereocenters. The first-order valence-corrected chi connectivity index (χ1v) is 12.1. The van der Waals surface area contributed by atoms with Crippen LogP contribution in [0.25, 0.3) is 0 Å². The van der Waals surface area contributed by atoms with Crippen LogP contribution in [0, 0.1) is 0 Å². The minimum atomic E-state index is -0.323. The molecule has 8 heteroatoms. The molecule has 1 N–H and O–H groups in total. The lowest BCUT2D eigenvalue weighted by molar-refractivity contribution is -0.128. The van der Waals surface area contributed by atoms with Crippen LogP contribution in [0.1, 0.15) is 24.9 Å². The minimum absolute atomic E-state index is 0.0402. The summed E-state index contributed by atoms with van der Waals surface area (Å²) in [6, 6.07) is 15.7. The van der Waals surface area contributed by atoms with Crippen molar-refractivity contribution in [3.8, 4) is 0 Å². The average molecular weight is 484 g/mol. The summed E-state index contributed by atoms with van der Waals surface area (Å²) in [6.07, 6.45) is 0.927. The fourth-order valence-corrected chi connectivity index (χ4v) is 5.30. The fraction of sp³-hybridized carbons (Fsp3) is 0.360. The first-order valence-electron chi connectivity index (χ1n) is 11.4. The molecule has 1 amide bonds. The van der Waals surface area contributed by atoms with Gasteiger partial charge in [0.15, 0.2) is 5.96 Å². The van der Waals surface area contributed by atoms with Gasteiger partial charge in [-0.2, -0.15) is 0 Å². The number of carbonyl (C=O) groups is 1. The van der Waals surface area contributed by atoms with E-state index in [1.807, 2.05) is 42.2 Å². The summed E-state index contributed by atoms with van der Waals surface area (Å²) < 4.78 is 0. The molecule has 1 unspecified atom stereocenters. The number of piperazine rings is 1. The van der Waals surface area contributed by atoms with Gasteiger partial charge in [-0.05, 0) is 37.1 Å². The highest BCUT2D eigenvalue weighted by molar-refractivity contribution is 6.42. The maximum Gasteiger partial charge on any atom is 0.254 e. The molecule has 0 aromatic heterocycles. The van der Waals surface area contributed by atoms with Crippen LogP contribution in [0.2, 0.25) is 10.0 Å². The third kappa shape index (κ3) is 4.18. The predicted octanol–water partition coefficient (Wildman–Crippen LogP) is 4.32. The van der Waals surface area contributed by atoms with Crippen LogP contribution >= 0.6 is 23.2 Å². The number of allylic oxidation sites excluding steroid dienone is 1. The minimum Gasteiger partial charge on any atom is -0.368 e. The lowest BCUT2D eigenvalue weighted by atomic mass is 9.91. The molecule has 2 aromatic carbocycles. The zero-order valence-electron chi connectivity index (χ0n) is 18.6. The average Bonchev–Trinajstić information content (AvgIpc) is 2.85. The maximum absolute atomic E-state index is 13.9. The molecule has 5 rings (SSSR count). The van der Waals surface area contributed by atoms with Crippen LogP contribution in [-0.4, -0.2) is 60.9 Å². The molecule has 6 nitrogen and oxygen atoms in total. The molecule has 1 fully saturated rings. The van der Waals surface area contributed by atoms with Crippen LogP contribution < -0.4 is 10.2 Å². The molecule has 1 saturated heterocycles. The third-order valence-electron chi connectivity index (χ3n) is 6.57. The second-order valence-electron chi connectivity index (χ2n) is 8.58. The number of anilines is 1. The van der Waals surface area contributed by atoms with E-state index in [1.165, 1.54) is 5.69 Å². The lowest BCUT2D eigenvalue weighted by Gasteiger charge is -2.44. The van der Waals surface area contributed by atoms with Gasteiger partial charge in [0.2, 0.25) is 0 Å². The Balaban J connectivity index is 1.46. The van der Waals surface area contributed by atoms with Gasteiger partial charge in [-0.25, -0.2) is 0 Å². The van der Waals surface area contributed by atoms with Crippen LogP contribution in [0.4, 0.5) is 5.69 Å². The van der Waals surface area contributed by atoms with Crippen molar-refractivity contribution in [1.29, 1.82) is 0 Å². The summed E-state index contributed by atoms with van der Waals surface area (Å²) in [6.45, 7) is 6.46. The van der Waals surface area contributed by atoms with E-state index >= 15 is 0 Å². The number of nitrogens with zero attached hydrogens (tertiary/aromatic N) is 4. The number of amides is 1. The van der Waals surface area contributed by atoms with Crippen molar-refractivity contribution in [3.05, 3.63) is 75.4 Å². The first-order chi connectivity index (χ1) is 16.0. The Labute approximate surface area is 204 Å². The quantitative estimate of drug-likeness (QED) is 0.705. The molecule has 0 bridgehead atoms. The number of nitrogens with one attached hydrogen (secondary N) is 1. The molecule has 3 aliphatic rings. The topological polar surface area (TPSA) is 51.2 Å². The monoisotopic (exact) mass is 483 g/mol. The number of aliphatic imine (C=N–C) groups is 1. The molecule has 0 aliphatic carbocycles. The van der Waals surface area contributed by atoms with Crippen molar-refractivity contribution in [2.75, 3.05) is 44.2 Å². The number of guanidine groups is 1. The van der Waals surface area contributed by atoms with Gasteiger partial charge < -0.3 is 20.0 Å². The molecule has 0 saturated carbocycles. The summed E-state index contributed by atoms with van der Waals surface area (Å²) in [5.41, 5.74) is 3.57. The largest absolute Gasteiger partial charge is 0.368 e. The third-order valence-corrected chi connectivity index (χ3v) is 7.41. The van der Waals surface area contributed by atoms with Gasteiger partial charge in [0.25, 0.3) is 5.91 Å². The van der Waals surface area contributed by atoms with Gasteiger partial charge in [-0.1, -0.05) is 53.5 Å². The van der Waals surface area contributed by atoms with E-state index in [0.29, 0.717) is 28.7 Å². The highest BCUT2D eigenvalue weighted by atomic mass is 35.5. The zero-order valence-corrected chi connectivity index (χ0v) is 20.1. The maximum atomic E-state index is 13.9. The number of hydrogen-bond donors (Lipinski definition) is 1. The van der Waals surface area contributed by atoms with Crippen molar-refractivity contribution in [2.45, 2.75) is 19.4 Å². The Kier molecular flexibility index (Phi) is 6.21. The van der Waals surface area contributed by atoms with E-state index in [4.69, 9.17) is 23.2 Å². The van der Waals surface area contributed by atoms with E-state index in [0.717, 1.165) is 49.8 Å².